The van der Waals surface area contributed by atoms with Gasteiger partial charge in [0.25, 0.3) is 0 Å². The Morgan fingerprint density at radius 3 is 2.83 bits per heavy atom. The van der Waals surface area contributed by atoms with Crippen LogP contribution in [0.5, 0.6) is 0 Å². The van der Waals surface area contributed by atoms with Crippen molar-refractivity contribution in [3.05, 3.63) is 34.6 Å². The highest BCUT2D eigenvalue weighted by atomic mass is 79.9. The maximum atomic E-state index is 12.8. The lowest BCUT2D eigenvalue weighted by Gasteiger charge is -1.93. The first kappa shape index (κ1) is 9.57. The van der Waals surface area contributed by atoms with Gasteiger partial charge in [-0.2, -0.15) is 0 Å². The first-order chi connectivity index (χ1) is 5.74. The van der Waals surface area contributed by atoms with E-state index in [0.717, 1.165) is 0 Å². The Kier molecular flexibility index (Phi) is 3.58. The molecule has 0 aromatic heterocycles. The number of hydrogen-bond acceptors (Lipinski definition) is 0. The third kappa shape index (κ3) is 2.51. The van der Waals surface area contributed by atoms with Gasteiger partial charge >= 0.3 is 0 Å². The van der Waals surface area contributed by atoms with Crippen molar-refractivity contribution in [1.82, 2.24) is 0 Å². The molecular formula is C9H5BrClF. The number of hydrogen-bond donors (Lipinski definition) is 0. The summed E-state index contributed by atoms with van der Waals surface area (Å²) in [7, 11) is 0. The molecule has 0 aliphatic carbocycles. The summed E-state index contributed by atoms with van der Waals surface area (Å²) in [5, 5.41) is 0.705. The molecule has 1 aromatic carbocycles. The molecule has 0 saturated carbocycles. The van der Waals surface area contributed by atoms with Crippen LogP contribution in [0.1, 0.15) is 5.56 Å². The summed E-state index contributed by atoms with van der Waals surface area (Å²) >= 11 is 8.63. The van der Waals surface area contributed by atoms with Crippen molar-refractivity contribution in [2.75, 3.05) is 5.33 Å². The molecule has 0 bridgehead atoms. The number of halogens is 3. The second kappa shape index (κ2) is 4.49. The smallest absolute Gasteiger partial charge is 0.143 e. The second-order valence-electron chi connectivity index (χ2n) is 2.06. The van der Waals surface area contributed by atoms with E-state index in [9.17, 15) is 4.39 Å². The van der Waals surface area contributed by atoms with Crippen LogP contribution >= 0.6 is 27.5 Å². The maximum absolute atomic E-state index is 12.8. The predicted octanol–water partition coefficient (Wildman–Crippen LogP) is 3.23. The third-order valence-electron chi connectivity index (χ3n) is 1.22. The molecule has 0 heterocycles. The summed E-state index contributed by atoms with van der Waals surface area (Å²) in [5.41, 5.74) is 0.636. The van der Waals surface area contributed by atoms with E-state index >= 15 is 0 Å². The first-order valence-corrected chi connectivity index (χ1v) is 4.74. The average Bonchev–Trinajstić information content (AvgIpc) is 2.07. The summed E-state index contributed by atoms with van der Waals surface area (Å²) < 4.78 is 12.8. The molecule has 1 rings (SSSR count). The molecule has 3 heteroatoms. The summed E-state index contributed by atoms with van der Waals surface area (Å²) in [5.74, 6) is 5.10. The molecule has 0 radical (unpaired) electrons. The van der Waals surface area contributed by atoms with Gasteiger partial charge in [0.1, 0.15) is 5.82 Å². The zero-order chi connectivity index (χ0) is 8.97. The van der Waals surface area contributed by atoms with Gasteiger partial charge in [-0.25, -0.2) is 4.39 Å². The Bertz CT molecular complexity index is 338. The Balaban J connectivity index is 2.97. The molecule has 0 atom stereocenters. The van der Waals surface area contributed by atoms with Gasteiger partial charge < -0.3 is 0 Å². The molecule has 0 N–H and O–H groups in total. The van der Waals surface area contributed by atoms with Crippen LogP contribution in [0.15, 0.2) is 18.2 Å². The van der Waals surface area contributed by atoms with Crippen molar-refractivity contribution >= 4 is 27.5 Å². The van der Waals surface area contributed by atoms with Crippen molar-refractivity contribution in [2.45, 2.75) is 0 Å². The van der Waals surface area contributed by atoms with Crippen molar-refractivity contribution in [1.29, 1.82) is 0 Å². The Morgan fingerprint density at radius 2 is 2.25 bits per heavy atom. The van der Waals surface area contributed by atoms with Crippen LogP contribution < -0.4 is 0 Å². The van der Waals surface area contributed by atoms with Crippen LogP contribution in [-0.4, -0.2) is 5.33 Å². The van der Waals surface area contributed by atoms with Gasteiger partial charge in [-0.1, -0.05) is 39.4 Å². The van der Waals surface area contributed by atoms with Crippen LogP contribution in [0.3, 0.4) is 0 Å². The first-order valence-electron chi connectivity index (χ1n) is 3.24. The molecular weight excluding hydrogens is 242 g/mol. The highest BCUT2D eigenvalue weighted by Gasteiger charge is 1.97. The van der Waals surface area contributed by atoms with Gasteiger partial charge in [0.15, 0.2) is 0 Å². The minimum Gasteiger partial charge on any atom is -0.205 e. The summed E-state index contributed by atoms with van der Waals surface area (Å²) in [4.78, 5) is 0. The van der Waals surface area contributed by atoms with Crippen molar-refractivity contribution in [3.8, 4) is 11.8 Å². The highest BCUT2D eigenvalue weighted by Crippen LogP contribution is 2.14. The monoisotopic (exact) mass is 246 g/mol. The van der Waals surface area contributed by atoms with Crippen LogP contribution in [-0.2, 0) is 0 Å². The fourth-order valence-corrected chi connectivity index (χ4v) is 0.967. The lowest BCUT2D eigenvalue weighted by Crippen LogP contribution is -1.79. The molecule has 0 aliphatic heterocycles. The Hall–Kier alpha value is -0.520. The fourth-order valence-electron chi connectivity index (χ4n) is 0.709. The maximum Gasteiger partial charge on any atom is 0.143 e. The summed E-state index contributed by atoms with van der Waals surface area (Å²) in [6.07, 6.45) is 0. The van der Waals surface area contributed by atoms with Gasteiger partial charge in [0.05, 0.1) is 10.4 Å². The minimum absolute atomic E-state index is 0.124. The molecule has 0 unspecified atom stereocenters. The number of alkyl halides is 1. The molecule has 0 spiro atoms. The topological polar surface area (TPSA) is 0 Å². The van der Waals surface area contributed by atoms with E-state index in [1.165, 1.54) is 12.1 Å². The van der Waals surface area contributed by atoms with E-state index in [1.807, 2.05) is 0 Å². The van der Waals surface area contributed by atoms with Crippen LogP contribution in [0.2, 0.25) is 5.02 Å². The summed E-state index contributed by atoms with van der Waals surface area (Å²) in [6.45, 7) is 0. The Morgan fingerprint density at radius 1 is 1.50 bits per heavy atom. The van der Waals surface area contributed by atoms with E-state index in [1.54, 1.807) is 6.07 Å². The zero-order valence-corrected chi connectivity index (χ0v) is 8.41. The Labute approximate surface area is 83.9 Å². The van der Waals surface area contributed by atoms with Crippen molar-refractivity contribution < 1.29 is 4.39 Å². The highest BCUT2D eigenvalue weighted by molar-refractivity contribution is 9.09. The second-order valence-corrected chi connectivity index (χ2v) is 3.03. The van der Waals surface area contributed by atoms with Gasteiger partial charge in [-0.05, 0) is 18.2 Å². The fraction of sp³-hybridized carbons (Fsp3) is 0.111. The van der Waals surface area contributed by atoms with E-state index in [2.05, 4.69) is 27.8 Å². The summed E-state index contributed by atoms with van der Waals surface area (Å²) in [6, 6.07) is 4.49. The molecule has 0 amide bonds. The largest absolute Gasteiger partial charge is 0.205 e. The van der Waals surface area contributed by atoms with Gasteiger partial charge in [-0.3, -0.25) is 0 Å². The standard InChI is InChI=1S/C9H5BrClF/c10-5-1-2-7-3-4-8(11)9(12)6-7/h3-4,6H,5H2. The molecule has 0 fully saturated rings. The van der Waals surface area contributed by atoms with Crippen LogP contribution in [0.4, 0.5) is 4.39 Å². The quantitative estimate of drug-likeness (QED) is 0.488. The van der Waals surface area contributed by atoms with Crippen LogP contribution in [0.25, 0.3) is 0 Å². The lowest BCUT2D eigenvalue weighted by molar-refractivity contribution is 0.628. The van der Waals surface area contributed by atoms with Gasteiger partial charge in [0.2, 0.25) is 0 Å². The average molecular weight is 247 g/mol. The molecule has 0 saturated heterocycles. The van der Waals surface area contributed by atoms with Crippen molar-refractivity contribution in [2.24, 2.45) is 0 Å². The van der Waals surface area contributed by atoms with E-state index in [0.29, 0.717) is 10.9 Å². The molecule has 0 nitrogen and oxygen atoms in total. The van der Waals surface area contributed by atoms with E-state index < -0.39 is 5.82 Å². The van der Waals surface area contributed by atoms with E-state index in [4.69, 9.17) is 11.6 Å². The lowest BCUT2D eigenvalue weighted by atomic mass is 10.2. The normalized spacial score (nSPS) is 8.92. The van der Waals surface area contributed by atoms with Crippen molar-refractivity contribution in [3.63, 3.8) is 0 Å². The molecule has 1 aromatic rings. The van der Waals surface area contributed by atoms with E-state index in [-0.39, 0.29) is 5.02 Å². The van der Waals surface area contributed by atoms with Gasteiger partial charge in [0, 0.05) is 5.56 Å². The third-order valence-corrected chi connectivity index (χ3v) is 1.81. The molecule has 0 aliphatic rings. The minimum atomic E-state index is -0.432. The SMILES string of the molecule is Fc1cc(C#CCBr)ccc1Cl. The molecule has 12 heavy (non-hydrogen) atoms. The predicted molar refractivity (Wildman–Crippen MR) is 52.1 cm³/mol. The molecule has 62 valence electrons. The van der Waals surface area contributed by atoms with Crippen LogP contribution in [0, 0.1) is 17.7 Å². The zero-order valence-electron chi connectivity index (χ0n) is 6.07. The van der Waals surface area contributed by atoms with Gasteiger partial charge in [-0.15, -0.1) is 0 Å². The number of benzene rings is 1. The number of rotatable bonds is 0.